The van der Waals surface area contributed by atoms with Crippen molar-refractivity contribution in [2.45, 2.75) is 31.0 Å². The molecule has 1 atom stereocenters. The van der Waals surface area contributed by atoms with Crippen molar-refractivity contribution in [3.05, 3.63) is 102 Å². The predicted octanol–water partition coefficient (Wildman–Crippen LogP) is 4.44. The van der Waals surface area contributed by atoms with Gasteiger partial charge in [-0.25, -0.2) is 14.8 Å². The summed E-state index contributed by atoms with van der Waals surface area (Å²) in [6.07, 6.45) is -0.266. The van der Waals surface area contributed by atoms with Crippen molar-refractivity contribution < 1.29 is 32.0 Å². The van der Waals surface area contributed by atoms with E-state index in [0.717, 1.165) is 5.56 Å². The molecule has 0 saturated carbocycles. The number of carboxylic acids is 1. The van der Waals surface area contributed by atoms with Gasteiger partial charge in [-0.1, -0.05) is 48.5 Å². The van der Waals surface area contributed by atoms with E-state index in [0.29, 0.717) is 34.1 Å². The third-order valence-electron chi connectivity index (χ3n) is 5.70. The zero-order valence-corrected chi connectivity index (χ0v) is 21.6. The summed E-state index contributed by atoms with van der Waals surface area (Å²) < 4.78 is 42.1. The highest BCUT2D eigenvalue weighted by Crippen LogP contribution is 2.28. The number of aliphatic carboxylic acids is 1. The fraction of sp³-hybridized carbons (Fsp3) is 0.179. The molecule has 3 aromatic carbocycles. The number of carboxylic acid groups (broad SMARTS) is 1. The van der Waals surface area contributed by atoms with Crippen LogP contribution in [0.25, 0.3) is 11.4 Å². The predicted molar refractivity (Wildman–Crippen MR) is 139 cm³/mol. The van der Waals surface area contributed by atoms with Gasteiger partial charge in [-0.2, -0.15) is 8.42 Å². The first-order valence-electron chi connectivity index (χ1n) is 11.7. The highest BCUT2D eigenvalue weighted by Gasteiger charge is 2.29. The molecular weight excluding hydrogens is 508 g/mol. The maximum Gasteiger partial charge on any atom is 0.334 e. The Hall–Kier alpha value is -4.28. The van der Waals surface area contributed by atoms with Gasteiger partial charge >= 0.3 is 5.97 Å². The Morgan fingerprint density at radius 3 is 2.37 bits per heavy atom. The monoisotopic (exact) mass is 534 g/mol. The fourth-order valence-electron chi connectivity index (χ4n) is 3.80. The molecule has 1 aromatic heterocycles. The van der Waals surface area contributed by atoms with E-state index in [9.17, 15) is 18.3 Å². The second-order valence-corrected chi connectivity index (χ2v) is 9.86. The molecule has 0 saturated heterocycles. The van der Waals surface area contributed by atoms with Gasteiger partial charge in [-0.05, 0) is 48.4 Å². The lowest BCUT2D eigenvalue weighted by atomic mass is 10.1. The molecule has 0 fully saturated rings. The van der Waals surface area contributed by atoms with Gasteiger partial charge in [0, 0.05) is 12.6 Å². The average Bonchev–Trinajstić information content (AvgIpc) is 2.92. The maximum absolute atomic E-state index is 12.8. The Morgan fingerprint density at radius 1 is 0.947 bits per heavy atom. The highest BCUT2D eigenvalue weighted by molar-refractivity contribution is 7.86. The molecule has 196 valence electrons. The van der Waals surface area contributed by atoms with E-state index < -0.39 is 22.2 Å². The molecular formula is C28H26N2O7S. The normalized spacial score (nSPS) is 12.1. The van der Waals surface area contributed by atoms with Gasteiger partial charge in [-0.15, -0.1) is 0 Å². The Labute approximate surface area is 220 Å². The zero-order valence-electron chi connectivity index (χ0n) is 20.8. The van der Waals surface area contributed by atoms with Crippen molar-refractivity contribution >= 4 is 16.1 Å². The molecule has 0 spiro atoms. The van der Waals surface area contributed by atoms with Crippen molar-refractivity contribution in [1.82, 2.24) is 9.97 Å². The number of rotatable bonds is 11. The van der Waals surface area contributed by atoms with Gasteiger partial charge < -0.3 is 14.6 Å². The lowest BCUT2D eigenvalue weighted by Gasteiger charge is -2.17. The van der Waals surface area contributed by atoms with Crippen LogP contribution >= 0.6 is 0 Å². The summed E-state index contributed by atoms with van der Waals surface area (Å²) in [4.78, 5) is 20.8. The second kappa shape index (κ2) is 11.8. The first-order chi connectivity index (χ1) is 18.3. The van der Waals surface area contributed by atoms with Gasteiger partial charge in [0.1, 0.15) is 18.1 Å². The standard InChI is InChI=1S/C28H26N2O7S/c1-19-9-3-8-14-26(19)38(33,34)37-25(28(31)32)17-20-10-4-6-12-23(20)36-18-21-15-16-29-27(30-21)22-11-5-7-13-24(22)35-2/h3-16,25H,17-18H2,1-2H3,(H,31,32)/t25-/m0/s1. The third-order valence-corrected chi connectivity index (χ3v) is 7.18. The minimum Gasteiger partial charge on any atom is -0.496 e. The fourth-order valence-corrected chi connectivity index (χ4v) is 5.07. The summed E-state index contributed by atoms with van der Waals surface area (Å²) in [6.45, 7) is 1.68. The third kappa shape index (κ3) is 6.34. The summed E-state index contributed by atoms with van der Waals surface area (Å²) in [5.41, 5.74) is 2.24. The Bertz CT molecular complexity index is 1540. The van der Waals surface area contributed by atoms with E-state index in [1.165, 1.54) is 6.07 Å². The van der Waals surface area contributed by atoms with Crippen LogP contribution in [-0.2, 0) is 32.1 Å². The molecule has 4 rings (SSSR count). The van der Waals surface area contributed by atoms with E-state index in [4.69, 9.17) is 13.7 Å². The van der Waals surface area contributed by atoms with Crippen LogP contribution in [0.5, 0.6) is 11.5 Å². The van der Waals surface area contributed by atoms with E-state index in [2.05, 4.69) is 9.97 Å². The Kier molecular flexibility index (Phi) is 8.35. The van der Waals surface area contributed by atoms with Crippen LogP contribution in [0.4, 0.5) is 0 Å². The summed E-state index contributed by atoms with van der Waals surface area (Å²) in [5.74, 6) is 0.0798. The van der Waals surface area contributed by atoms with Gasteiger partial charge in [-0.3, -0.25) is 4.18 Å². The maximum atomic E-state index is 12.8. The first kappa shape index (κ1) is 26.8. The highest BCUT2D eigenvalue weighted by atomic mass is 32.2. The number of nitrogens with zero attached hydrogens (tertiary/aromatic N) is 2. The molecule has 0 bridgehead atoms. The number of benzene rings is 3. The summed E-state index contributed by atoms with van der Waals surface area (Å²) in [6, 6.07) is 22.1. The molecule has 10 heteroatoms. The number of aryl methyl sites for hydroxylation is 1. The number of ether oxygens (including phenoxy) is 2. The van der Waals surface area contributed by atoms with Crippen LogP contribution in [0, 0.1) is 6.92 Å². The number of aromatic nitrogens is 2. The minimum absolute atomic E-state index is 0.0712. The molecule has 38 heavy (non-hydrogen) atoms. The van der Waals surface area contributed by atoms with Gasteiger partial charge in [0.2, 0.25) is 0 Å². The molecule has 0 unspecified atom stereocenters. The molecule has 4 aromatic rings. The summed E-state index contributed by atoms with van der Waals surface area (Å²) in [7, 11) is -2.74. The van der Waals surface area contributed by atoms with E-state index >= 15 is 0 Å². The molecule has 0 aliphatic carbocycles. The number of hydrogen-bond acceptors (Lipinski definition) is 8. The van der Waals surface area contributed by atoms with Crippen molar-refractivity contribution in [2.75, 3.05) is 7.11 Å². The van der Waals surface area contributed by atoms with Crippen LogP contribution in [0.3, 0.4) is 0 Å². The topological polar surface area (TPSA) is 125 Å². The summed E-state index contributed by atoms with van der Waals surface area (Å²) >= 11 is 0. The van der Waals surface area contributed by atoms with Crippen molar-refractivity contribution in [2.24, 2.45) is 0 Å². The van der Waals surface area contributed by atoms with E-state index in [-0.39, 0.29) is 17.9 Å². The van der Waals surface area contributed by atoms with E-state index in [1.54, 1.807) is 68.8 Å². The minimum atomic E-state index is -4.31. The molecule has 0 amide bonds. The van der Waals surface area contributed by atoms with Gasteiger partial charge in [0.15, 0.2) is 11.9 Å². The first-order valence-corrected chi connectivity index (χ1v) is 13.1. The van der Waals surface area contributed by atoms with E-state index in [1.807, 2.05) is 24.3 Å². The van der Waals surface area contributed by atoms with Crippen LogP contribution < -0.4 is 9.47 Å². The largest absolute Gasteiger partial charge is 0.496 e. The average molecular weight is 535 g/mol. The second-order valence-electron chi connectivity index (χ2n) is 8.32. The molecule has 9 nitrogen and oxygen atoms in total. The number of carbonyl (C=O) groups is 1. The molecule has 1 heterocycles. The van der Waals surface area contributed by atoms with Crippen molar-refractivity contribution in [1.29, 1.82) is 0 Å². The summed E-state index contributed by atoms with van der Waals surface area (Å²) in [5, 5.41) is 9.74. The smallest absolute Gasteiger partial charge is 0.334 e. The van der Waals surface area contributed by atoms with Crippen LogP contribution in [0.15, 0.2) is 90.0 Å². The Morgan fingerprint density at radius 2 is 1.63 bits per heavy atom. The SMILES string of the molecule is COc1ccccc1-c1nccc(COc2ccccc2C[C@H](OS(=O)(=O)c2ccccc2C)C(=O)O)n1. The van der Waals surface area contributed by atoms with Crippen LogP contribution in [0.1, 0.15) is 16.8 Å². The number of hydrogen-bond donors (Lipinski definition) is 1. The van der Waals surface area contributed by atoms with Crippen LogP contribution in [0.2, 0.25) is 0 Å². The van der Waals surface area contributed by atoms with Crippen LogP contribution in [-0.4, -0.2) is 42.7 Å². The zero-order chi connectivity index (χ0) is 27.1. The Balaban J connectivity index is 1.52. The lowest BCUT2D eigenvalue weighted by Crippen LogP contribution is -2.29. The number of methoxy groups -OCH3 is 1. The van der Waals surface area contributed by atoms with Crippen molar-refractivity contribution in [3.8, 4) is 22.9 Å². The number of para-hydroxylation sites is 2. The van der Waals surface area contributed by atoms with Gasteiger partial charge in [0.05, 0.1) is 23.3 Å². The molecule has 1 N–H and O–H groups in total. The molecule has 0 radical (unpaired) electrons. The molecule has 0 aliphatic rings. The molecule has 0 aliphatic heterocycles. The van der Waals surface area contributed by atoms with Crippen molar-refractivity contribution in [3.63, 3.8) is 0 Å². The lowest BCUT2D eigenvalue weighted by molar-refractivity contribution is -0.144. The quantitative estimate of drug-likeness (QED) is 0.278. The van der Waals surface area contributed by atoms with Gasteiger partial charge in [0.25, 0.3) is 10.1 Å².